The van der Waals surface area contributed by atoms with Crippen LogP contribution >= 0.6 is 0 Å². The Kier molecular flexibility index (Phi) is 3.35. The van der Waals surface area contributed by atoms with Crippen molar-refractivity contribution in [3.63, 3.8) is 0 Å². The first-order valence-corrected chi connectivity index (χ1v) is 7.30. The number of hydrogen-bond acceptors (Lipinski definition) is 8. The summed E-state index contributed by atoms with van der Waals surface area (Å²) in [6.07, 6.45) is 3.08. The average molecular weight is 336 g/mol. The third-order valence-corrected chi connectivity index (χ3v) is 3.41. The van der Waals surface area contributed by atoms with E-state index in [0.717, 1.165) is 0 Å². The monoisotopic (exact) mass is 336 g/mol. The number of rotatable bonds is 3. The Bertz CT molecular complexity index is 1040. The molecule has 4 aromatic rings. The minimum atomic E-state index is -0.317. The summed E-state index contributed by atoms with van der Waals surface area (Å²) >= 11 is 0. The summed E-state index contributed by atoms with van der Waals surface area (Å²) in [7, 11) is 0. The molecule has 0 saturated heterocycles. The van der Waals surface area contributed by atoms with Gasteiger partial charge in [0, 0.05) is 13.1 Å². The molecule has 0 unspecified atom stereocenters. The summed E-state index contributed by atoms with van der Waals surface area (Å²) in [5.41, 5.74) is 6.83. The highest BCUT2D eigenvalue weighted by atomic mass is 16.3. The molecule has 0 aliphatic rings. The van der Waals surface area contributed by atoms with Gasteiger partial charge in [0.2, 0.25) is 17.5 Å². The highest BCUT2D eigenvalue weighted by molar-refractivity contribution is 5.93. The van der Waals surface area contributed by atoms with Gasteiger partial charge >= 0.3 is 0 Å². The summed E-state index contributed by atoms with van der Waals surface area (Å²) in [5.74, 6) is 0.533. The first-order valence-electron chi connectivity index (χ1n) is 7.30. The van der Waals surface area contributed by atoms with Crippen LogP contribution in [-0.2, 0) is 4.79 Å². The number of carbonyl (C=O) groups excluding carboxylic acids is 1. The van der Waals surface area contributed by atoms with E-state index in [1.807, 2.05) is 0 Å². The van der Waals surface area contributed by atoms with Crippen LogP contribution in [0.4, 0.5) is 11.8 Å². The topological polar surface area (TPSA) is 129 Å². The molecule has 10 heteroatoms. The first kappa shape index (κ1) is 14.8. The lowest BCUT2D eigenvalue weighted by atomic mass is 10.3. The molecule has 0 aliphatic carbocycles. The predicted molar refractivity (Wildman–Crippen MR) is 88.0 cm³/mol. The summed E-state index contributed by atoms with van der Waals surface area (Å²) < 4.78 is 5.37. The molecule has 4 aromatic heterocycles. The number of fused-ring (bicyclic) bond motifs is 1. The SMILES string of the molecule is CC(=O)N(c1ccccn1)n1nnc2c(-c3ccco3)nc(N)nc21. The Morgan fingerprint density at radius 1 is 1.24 bits per heavy atom. The van der Waals surface area contributed by atoms with Crippen molar-refractivity contribution in [3.8, 4) is 11.5 Å². The van der Waals surface area contributed by atoms with Gasteiger partial charge < -0.3 is 10.2 Å². The van der Waals surface area contributed by atoms with Crippen LogP contribution in [-0.4, -0.2) is 36.0 Å². The van der Waals surface area contributed by atoms with Gasteiger partial charge in [-0.25, -0.2) is 9.97 Å². The van der Waals surface area contributed by atoms with Gasteiger partial charge in [0.15, 0.2) is 17.1 Å². The van der Waals surface area contributed by atoms with E-state index in [1.165, 1.54) is 23.0 Å². The van der Waals surface area contributed by atoms with E-state index < -0.39 is 0 Å². The van der Waals surface area contributed by atoms with Crippen LogP contribution in [0.5, 0.6) is 0 Å². The van der Waals surface area contributed by atoms with E-state index in [2.05, 4.69) is 25.3 Å². The molecule has 0 atom stereocenters. The number of anilines is 2. The number of amides is 1. The molecule has 0 aliphatic heterocycles. The van der Waals surface area contributed by atoms with E-state index in [4.69, 9.17) is 10.2 Å². The zero-order valence-corrected chi connectivity index (χ0v) is 13.1. The number of pyridine rings is 1. The molecular formula is C15H12N8O2. The Morgan fingerprint density at radius 2 is 2.12 bits per heavy atom. The molecule has 0 saturated carbocycles. The minimum absolute atomic E-state index is 0.00646. The van der Waals surface area contributed by atoms with Crippen LogP contribution in [0.15, 0.2) is 47.2 Å². The van der Waals surface area contributed by atoms with Gasteiger partial charge in [-0.15, -0.1) is 9.89 Å². The van der Waals surface area contributed by atoms with Gasteiger partial charge in [-0.1, -0.05) is 6.07 Å². The Balaban J connectivity index is 1.95. The van der Waals surface area contributed by atoms with Crippen molar-refractivity contribution in [1.29, 1.82) is 0 Å². The van der Waals surface area contributed by atoms with Crippen LogP contribution in [0, 0.1) is 0 Å². The highest BCUT2D eigenvalue weighted by Crippen LogP contribution is 2.26. The van der Waals surface area contributed by atoms with Crippen LogP contribution < -0.4 is 10.7 Å². The lowest BCUT2D eigenvalue weighted by Crippen LogP contribution is -2.36. The quantitative estimate of drug-likeness (QED) is 0.592. The maximum absolute atomic E-state index is 12.2. The largest absolute Gasteiger partial charge is 0.463 e. The maximum Gasteiger partial charge on any atom is 0.245 e. The normalized spacial score (nSPS) is 10.9. The van der Waals surface area contributed by atoms with Gasteiger partial charge in [0.05, 0.1) is 6.26 Å². The number of carbonyl (C=O) groups is 1. The molecule has 25 heavy (non-hydrogen) atoms. The summed E-state index contributed by atoms with van der Waals surface area (Å²) in [6.45, 7) is 1.39. The molecule has 0 fully saturated rings. The van der Waals surface area contributed by atoms with E-state index >= 15 is 0 Å². The number of nitrogens with two attached hydrogens (primary N) is 1. The van der Waals surface area contributed by atoms with Crippen LogP contribution in [0.2, 0.25) is 0 Å². The van der Waals surface area contributed by atoms with E-state index in [1.54, 1.807) is 36.5 Å². The fourth-order valence-electron chi connectivity index (χ4n) is 2.41. The van der Waals surface area contributed by atoms with Crippen molar-refractivity contribution >= 4 is 28.8 Å². The van der Waals surface area contributed by atoms with Crippen LogP contribution in [0.25, 0.3) is 22.6 Å². The average Bonchev–Trinajstić information content (AvgIpc) is 3.26. The summed E-state index contributed by atoms with van der Waals surface area (Å²) in [6, 6.07) is 8.62. The number of hydrogen-bond donors (Lipinski definition) is 1. The summed E-state index contributed by atoms with van der Waals surface area (Å²) in [4.78, 5) is 26.0. The van der Waals surface area contributed by atoms with Crippen molar-refractivity contribution in [2.45, 2.75) is 6.92 Å². The van der Waals surface area contributed by atoms with Gasteiger partial charge in [0.1, 0.15) is 5.69 Å². The Morgan fingerprint density at radius 3 is 2.80 bits per heavy atom. The Hall–Kier alpha value is -3.82. The second kappa shape index (κ2) is 5.67. The molecule has 0 spiro atoms. The standard InChI is InChI=1S/C15H12N8O2/c1-9(24)22(11-6-2-3-7-17-11)23-14-13(20-21-23)12(18-15(16)19-14)10-5-4-8-25-10/h2-8H,1H3,(H2,16,18,19). The fourth-order valence-corrected chi connectivity index (χ4v) is 2.41. The molecule has 2 N–H and O–H groups in total. The molecule has 0 radical (unpaired) electrons. The second-order valence-corrected chi connectivity index (χ2v) is 5.08. The van der Waals surface area contributed by atoms with E-state index in [9.17, 15) is 4.79 Å². The molecule has 0 bridgehead atoms. The lowest BCUT2D eigenvalue weighted by Gasteiger charge is -2.18. The second-order valence-electron chi connectivity index (χ2n) is 5.08. The van der Waals surface area contributed by atoms with Crippen molar-refractivity contribution in [1.82, 2.24) is 30.1 Å². The molecule has 4 rings (SSSR count). The molecule has 4 heterocycles. The predicted octanol–water partition coefficient (Wildman–Crippen LogP) is 1.27. The fraction of sp³-hybridized carbons (Fsp3) is 0.0667. The number of aromatic nitrogens is 6. The molecule has 124 valence electrons. The molecule has 0 aromatic carbocycles. The van der Waals surface area contributed by atoms with Crippen molar-refractivity contribution < 1.29 is 9.21 Å². The van der Waals surface area contributed by atoms with Crippen molar-refractivity contribution in [3.05, 3.63) is 42.8 Å². The molecule has 1 amide bonds. The smallest absolute Gasteiger partial charge is 0.245 e. The van der Waals surface area contributed by atoms with Crippen LogP contribution in [0.1, 0.15) is 6.92 Å². The van der Waals surface area contributed by atoms with Crippen molar-refractivity contribution in [2.24, 2.45) is 0 Å². The maximum atomic E-state index is 12.2. The lowest BCUT2D eigenvalue weighted by molar-refractivity contribution is -0.117. The Labute approximate surface area is 140 Å². The zero-order valence-electron chi connectivity index (χ0n) is 13.1. The third-order valence-electron chi connectivity index (χ3n) is 3.41. The molecular weight excluding hydrogens is 324 g/mol. The third kappa shape index (κ3) is 2.45. The number of nitrogen functional groups attached to an aromatic ring is 1. The van der Waals surface area contributed by atoms with Crippen LogP contribution in [0.3, 0.4) is 0 Å². The van der Waals surface area contributed by atoms with Gasteiger partial charge in [-0.3, -0.25) is 4.79 Å². The van der Waals surface area contributed by atoms with E-state index in [0.29, 0.717) is 22.8 Å². The number of furan rings is 1. The highest BCUT2D eigenvalue weighted by Gasteiger charge is 2.23. The molecule has 10 nitrogen and oxygen atoms in total. The number of nitrogens with zero attached hydrogens (tertiary/aromatic N) is 7. The van der Waals surface area contributed by atoms with E-state index in [-0.39, 0.29) is 17.5 Å². The minimum Gasteiger partial charge on any atom is -0.463 e. The first-order chi connectivity index (χ1) is 12.1. The zero-order chi connectivity index (χ0) is 17.4. The van der Waals surface area contributed by atoms with Gasteiger partial charge in [-0.2, -0.15) is 9.99 Å². The summed E-state index contributed by atoms with van der Waals surface area (Å²) in [5, 5.41) is 9.38. The van der Waals surface area contributed by atoms with Crippen molar-refractivity contribution in [2.75, 3.05) is 10.7 Å². The van der Waals surface area contributed by atoms with Gasteiger partial charge in [0.25, 0.3) is 0 Å². The van der Waals surface area contributed by atoms with Gasteiger partial charge in [-0.05, 0) is 29.5 Å².